The molecule has 0 aromatic heterocycles. The van der Waals surface area contributed by atoms with Crippen molar-refractivity contribution in [2.75, 3.05) is 52.4 Å². The Hall–Kier alpha value is -3.23. The second kappa shape index (κ2) is 11.4. The van der Waals surface area contributed by atoms with E-state index < -0.39 is 23.8 Å². The highest BCUT2D eigenvalue weighted by Crippen LogP contribution is 2.27. The van der Waals surface area contributed by atoms with E-state index in [2.05, 4.69) is 0 Å². The number of aliphatic carboxylic acids is 2. The van der Waals surface area contributed by atoms with E-state index in [1.54, 1.807) is 0 Å². The highest BCUT2D eigenvalue weighted by molar-refractivity contribution is 5.80. The van der Waals surface area contributed by atoms with Crippen LogP contribution in [-0.2, 0) is 33.6 Å². The number of carbonyl (C=O) groups excluding carboxylic acids is 1. The Morgan fingerprint density at radius 2 is 1.16 bits per heavy atom. The number of rotatable bonds is 13. The highest BCUT2D eigenvalue weighted by Gasteiger charge is 2.49. The van der Waals surface area contributed by atoms with Crippen molar-refractivity contribution in [2.45, 2.75) is 25.7 Å². The highest BCUT2D eigenvalue weighted by atomic mass is 16.4. The van der Waals surface area contributed by atoms with Gasteiger partial charge in [0.25, 0.3) is 5.91 Å². The van der Waals surface area contributed by atoms with Crippen molar-refractivity contribution < 1.29 is 33.6 Å². The molecule has 3 aliphatic heterocycles. The number of benzene rings is 2. The monoisotopic (exact) mass is 509 g/mol. The molecule has 4 N–H and O–H groups in total. The zero-order chi connectivity index (χ0) is 26.5. The summed E-state index contributed by atoms with van der Waals surface area (Å²) in [7, 11) is 0. The molecule has 3 fully saturated rings. The molecule has 2 atom stereocenters. The average Bonchev–Trinajstić information content (AvgIpc) is 2.88. The first-order valence-corrected chi connectivity index (χ1v) is 13.3. The zero-order valence-electron chi connectivity index (χ0n) is 21.4. The predicted molar refractivity (Wildman–Crippen MR) is 140 cm³/mol. The van der Waals surface area contributed by atoms with Crippen molar-refractivity contribution >= 4 is 17.8 Å². The molecule has 2 aromatic rings. The van der Waals surface area contributed by atoms with Crippen LogP contribution < -0.4 is 5.73 Å². The van der Waals surface area contributed by atoms with Gasteiger partial charge in [-0.2, -0.15) is 0 Å². The van der Waals surface area contributed by atoms with Crippen LogP contribution in [-0.4, -0.2) is 89.4 Å². The molecule has 0 spiro atoms. The first kappa shape index (κ1) is 26.8. The van der Waals surface area contributed by atoms with Gasteiger partial charge >= 0.3 is 11.9 Å². The minimum atomic E-state index is -1.08. The number of nitrogens with two attached hydrogens (primary N) is 1. The number of amides is 1. The molecular formula is C29H39N3O5+2. The summed E-state index contributed by atoms with van der Waals surface area (Å²) in [6, 6.07) is 17.2. The summed E-state index contributed by atoms with van der Waals surface area (Å²) in [5, 5.41) is 19.6. The number of carbonyl (C=O) groups is 3. The largest absolute Gasteiger partial charge is 0.481 e. The van der Waals surface area contributed by atoms with Crippen LogP contribution in [0.2, 0.25) is 0 Å². The Balaban J connectivity index is 1.30. The first-order chi connectivity index (χ1) is 17.7. The summed E-state index contributed by atoms with van der Waals surface area (Å²) in [4.78, 5) is 35.5. The number of carboxylic acids is 2. The molecular weight excluding hydrogens is 470 g/mol. The van der Waals surface area contributed by atoms with Crippen LogP contribution in [0.5, 0.6) is 0 Å². The van der Waals surface area contributed by atoms with Gasteiger partial charge in [0.2, 0.25) is 0 Å². The van der Waals surface area contributed by atoms with Crippen molar-refractivity contribution in [3.8, 4) is 0 Å². The summed E-state index contributed by atoms with van der Waals surface area (Å²) in [5.41, 5.74) is 8.35. The van der Waals surface area contributed by atoms with Gasteiger partial charge in [0.15, 0.2) is 6.54 Å². The van der Waals surface area contributed by atoms with Gasteiger partial charge in [-0.3, -0.25) is 14.4 Å². The fourth-order valence-corrected chi connectivity index (χ4v) is 6.23. The van der Waals surface area contributed by atoms with Gasteiger partial charge in [-0.05, 0) is 36.0 Å². The van der Waals surface area contributed by atoms with E-state index in [-0.39, 0.29) is 18.7 Å². The van der Waals surface area contributed by atoms with E-state index in [1.807, 2.05) is 54.6 Å². The Labute approximate surface area is 218 Å². The van der Waals surface area contributed by atoms with Gasteiger partial charge < -0.3 is 24.9 Å². The second-order valence-corrected chi connectivity index (χ2v) is 11.1. The third kappa shape index (κ3) is 6.76. The van der Waals surface area contributed by atoms with Gasteiger partial charge in [-0.1, -0.05) is 54.6 Å². The number of hydrogen-bond donors (Lipinski definition) is 3. The summed E-state index contributed by atoms with van der Waals surface area (Å²) in [6.45, 7) is 8.01. The molecule has 3 saturated heterocycles. The Bertz CT molecular complexity index is 1080. The molecule has 2 aromatic carbocycles. The third-order valence-electron chi connectivity index (χ3n) is 8.63. The molecule has 3 aliphatic rings. The van der Waals surface area contributed by atoms with Crippen LogP contribution in [0.3, 0.4) is 0 Å². The van der Waals surface area contributed by atoms with Crippen molar-refractivity contribution in [1.82, 2.24) is 0 Å². The summed E-state index contributed by atoms with van der Waals surface area (Å²) in [6.07, 6.45) is 2.40. The lowest BCUT2D eigenvalue weighted by atomic mass is 9.82. The van der Waals surface area contributed by atoms with Crippen molar-refractivity contribution in [1.29, 1.82) is 0 Å². The van der Waals surface area contributed by atoms with Crippen molar-refractivity contribution in [3.05, 3.63) is 71.3 Å². The lowest BCUT2D eigenvalue weighted by Crippen LogP contribution is -2.76. The number of hydrogen-bond acceptors (Lipinski definition) is 3. The van der Waals surface area contributed by atoms with E-state index in [0.717, 1.165) is 78.7 Å². The fourth-order valence-electron chi connectivity index (χ4n) is 6.23. The summed E-state index contributed by atoms with van der Waals surface area (Å²) < 4.78 is 2.00. The van der Waals surface area contributed by atoms with Crippen LogP contribution >= 0.6 is 0 Å². The third-order valence-corrected chi connectivity index (χ3v) is 8.63. The van der Waals surface area contributed by atoms with E-state index >= 15 is 0 Å². The summed E-state index contributed by atoms with van der Waals surface area (Å²) in [5.74, 6) is -4.36. The van der Waals surface area contributed by atoms with Crippen LogP contribution in [0.25, 0.3) is 0 Å². The van der Waals surface area contributed by atoms with Crippen LogP contribution in [0.1, 0.15) is 23.1 Å². The Morgan fingerprint density at radius 3 is 1.65 bits per heavy atom. The Kier molecular flexibility index (Phi) is 8.29. The minimum absolute atomic E-state index is 0.185. The number of carboxylic acid groups (broad SMARTS) is 2. The van der Waals surface area contributed by atoms with E-state index in [0.29, 0.717) is 6.54 Å². The minimum Gasteiger partial charge on any atom is -0.481 e. The smallest absolute Gasteiger partial charge is 0.307 e. The molecule has 37 heavy (non-hydrogen) atoms. The first-order valence-electron chi connectivity index (χ1n) is 13.3. The number of quaternary nitrogens is 2. The average molecular weight is 510 g/mol. The predicted octanol–water partition coefficient (Wildman–Crippen LogP) is 1.95. The van der Waals surface area contributed by atoms with Crippen molar-refractivity contribution in [2.24, 2.45) is 17.6 Å². The molecule has 0 aliphatic carbocycles. The normalized spacial score (nSPS) is 24.3. The second-order valence-electron chi connectivity index (χ2n) is 11.1. The maximum atomic E-state index is 12.0. The standard InChI is InChI=1S/C29H37N3O5/c30-27(33)21-32-16-13-31(14-17-32,15-18-32)12-4-7-22-8-10-24(11-9-22)20-26(29(36)37)25(28(34)35)19-23-5-2-1-3-6-23/h1-3,5-6,8-11,25-26H,4,7,12-21H2,(H2-2,30,33,34,35,36,37)/p+2/t25-,26-,31?,32?/m0/s1. The molecule has 2 bridgehead atoms. The molecule has 5 rings (SSSR count). The number of nitrogens with zero attached hydrogens (tertiary/aromatic N) is 2. The lowest BCUT2D eigenvalue weighted by Gasteiger charge is -2.55. The molecule has 1 amide bonds. The fraction of sp³-hybridized carbons (Fsp3) is 0.483. The lowest BCUT2D eigenvalue weighted by molar-refractivity contribution is -1.08. The van der Waals surface area contributed by atoms with Gasteiger partial charge in [-0.25, -0.2) is 0 Å². The number of piperazine rings is 3. The van der Waals surface area contributed by atoms with Gasteiger partial charge in [0.1, 0.15) is 39.3 Å². The maximum Gasteiger partial charge on any atom is 0.307 e. The van der Waals surface area contributed by atoms with Gasteiger partial charge in [0, 0.05) is 6.42 Å². The zero-order valence-corrected chi connectivity index (χ0v) is 21.4. The van der Waals surface area contributed by atoms with E-state index in [9.17, 15) is 24.6 Å². The number of aryl methyl sites for hydroxylation is 1. The van der Waals surface area contributed by atoms with E-state index in [1.165, 1.54) is 5.56 Å². The SMILES string of the molecule is NC(=O)C[N+]12CC[N+](CCCc3ccc(C[C@H](C(=O)O)[C@H](Cc4ccccc4)C(=O)O)cc3)(CC1)CC2. The number of fused-ring (bicyclic) bond motifs is 3. The van der Waals surface area contributed by atoms with Crippen LogP contribution in [0, 0.1) is 11.8 Å². The quantitative estimate of drug-likeness (QED) is 0.357. The molecule has 8 heteroatoms. The van der Waals surface area contributed by atoms with E-state index in [4.69, 9.17) is 5.73 Å². The summed E-state index contributed by atoms with van der Waals surface area (Å²) >= 11 is 0. The van der Waals surface area contributed by atoms with Crippen LogP contribution in [0.4, 0.5) is 0 Å². The molecule has 8 nitrogen and oxygen atoms in total. The molecule has 198 valence electrons. The molecule has 0 unspecified atom stereocenters. The van der Waals surface area contributed by atoms with Crippen LogP contribution in [0.15, 0.2) is 54.6 Å². The maximum absolute atomic E-state index is 12.0. The molecule has 0 radical (unpaired) electrons. The molecule has 3 heterocycles. The number of primary amides is 1. The van der Waals surface area contributed by atoms with Crippen molar-refractivity contribution in [3.63, 3.8) is 0 Å². The topological polar surface area (TPSA) is 118 Å². The Morgan fingerprint density at radius 1 is 0.703 bits per heavy atom. The van der Waals surface area contributed by atoms with Gasteiger partial charge in [-0.15, -0.1) is 0 Å². The van der Waals surface area contributed by atoms with Gasteiger partial charge in [0.05, 0.1) is 18.4 Å². The molecule has 0 saturated carbocycles.